The number of nitrogens with zero attached hydrogens (tertiary/aromatic N) is 2. The molecule has 0 atom stereocenters. The molecule has 1 aromatic heterocycles. The third-order valence-corrected chi connectivity index (χ3v) is 5.04. The molecule has 0 aromatic carbocycles. The smallest absolute Gasteiger partial charge is 0.193 e. The summed E-state index contributed by atoms with van der Waals surface area (Å²) in [6, 6.07) is 4.26. The summed E-state index contributed by atoms with van der Waals surface area (Å²) in [5, 5.41) is 3.36. The van der Waals surface area contributed by atoms with Crippen LogP contribution in [0.15, 0.2) is 20.9 Å². The lowest BCUT2D eigenvalue weighted by molar-refractivity contribution is 0.481. The molecular weight excluding hydrogens is 354 g/mol. The molecule has 0 radical (unpaired) electrons. The van der Waals surface area contributed by atoms with Gasteiger partial charge in [-0.05, 0) is 59.8 Å². The highest BCUT2D eigenvalue weighted by Crippen LogP contribution is 2.22. The molecule has 0 spiro atoms. The van der Waals surface area contributed by atoms with Crippen molar-refractivity contribution in [3.63, 3.8) is 0 Å². The molecule has 0 fully saturated rings. The molecule has 0 unspecified atom stereocenters. The highest BCUT2D eigenvalue weighted by atomic mass is 79.9. The number of guanidine groups is 1. The van der Waals surface area contributed by atoms with Crippen molar-refractivity contribution in [3.05, 3.63) is 20.8 Å². The first-order valence-corrected chi connectivity index (χ1v) is 9.90. The summed E-state index contributed by atoms with van der Waals surface area (Å²) in [6.07, 6.45) is 4.56. The van der Waals surface area contributed by atoms with E-state index in [1.54, 1.807) is 11.3 Å². The standard InChI is InChI=1S/C14H24BrN3S2/c1-4-16-14(17-9-5-6-10-19-3)18(2)11-12-7-8-13(15)20-12/h7-8H,4-6,9-11H2,1-3H3,(H,16,17). The van der Waals surface area contributed by atoms with E-state index in [2.05, 4.69) is 58.5 Å². The second kappa shape index (κ2) is 10.5. The van der Waals surface area contributed by atoms with E-state index < -0.39 is 0 Å². The Kier molecular flexibility index (Phi) is 9.39. The van der Waals surface area contributed by atoms with Gasteiger partial charge >= 0.3 is 0 Å². The van der Waals surface area contributed by atoms with Crippen LogP contribution in [0, 0.1) is 0 Å². The SMILES string of the molecule is CCNC(=NCCCCSC)N(C)Cc1ccc(Br)s1. The van der Waals surface area contributed by atoms with E-state index in [9.17, 15) is 0 Å². The first-order valence-electron chi connectivity index (χ1n) is 6.90. The van der Waals surface area contributed by atoms with Crippen molar-refractivity contribution in [1.29, 1.82) is 0 Å². The fourth-order valence-corrected chi connectivity index (χ4v) is 3.79. The summed E-state index contributed by atoms with van der Waals surface area (Å²) in [5.74, 6) is 2.23. The van der Waals surface area contributed by atoms with Crippen molar-refractivity contribution in [3.8, 4) is 0 Å². The van der Waals surface area contributed by atoms with Gasteiger partial charge in [0.25, 0.3) is 0 Å². The van der Waals surface area contributed by atoms with Crippen LogP contribution in [0.5, 0.6) is 0 Å². The maximum atomic E-state index is 4.70. The van der Waals surface area contributed by atoms with E-state index >= 15 is 0 Å². The van der Waals surface area contributed by atoms with Crippen LogP contribution in [-0.4, -0.2) is 43.0 Å². The minimum Gasteiger partial charge on any atom is -0.357 e. The topological polar surface area (TPSA) is 27.6 Å². The first-order chi connectivity index (χ1) is 9.67. The van der Waals surface area contributed by atoms with Crippen molar-refractivity contribution >= 4 is 45.0 Å². The molecule has 0 aliphatic carbocycles. The summed E-state index contributed by atoms with van der Waals surface area (Å²) in [7, 11) is 2.09. The van der Waals surface area contributed by atoms with Gasteiger partial charge < -0.3 is 10.2 Å². The molecule has 1 aromatic rings. The molecule has 0 aliphatic rings. The van der Waals surface area contributed by atoms with Gasteiger partial charge in [0.05, 0.1) is 10.3 Å². The zero-order valence-electron chi connectivity index (χ0n) is 12.5. The number of aliphatic imine (C=N–C) groups is 1. The molecule has 1 N–H and O–H groups in total. The van der Waals surface area contributed by atoms with E-state index in [4.69, 9.17) is 4.99 Å². The van der Waals surface area contributed by atoms with E-state index in [0.717, 1.165) is 32.0 Å². The average Bonchev–Trinajstić information content (AvgIpc) is 2.82. The van der Waals surface area contributed by atoms with E-state index in [1.807, 2.05) is 11.8 Å². The van der Waals surface area contributed by atoms with Crippen molar-refractivity contribution in [2.24, 2.45) is 4.99 Å². The van der Waals surface area contributed by atoms with Crippen molar-refractivity contribution in [1.82, 2.24) is 10.2 Å². The third-order valence-electron chi connectivity index (χ3n) is 2.74. The van der Waals surface area contributed by atoms with Crippen LogP contribution in [0.3, 0.4) is 0 Å². The van der Waals surface area contributed by atoms with Crippen molar-refractivity contribution < 1.29 is 0 Å². The fourth-order valence-electron chi connectivity index (χ4n) is 1.76. The Morgan fingerprint density at radius 2 is 2.25 bits per heavy atom. The number of hydrogen-bond acceptors (Lipinski definition) is 3. The predicted octanol–water partition coefficient (Wildman–Crippen LogP) is 4.05. The van der Waals surface area contributed by atoms with Crippen LogP contribution in [0.1, 0.15) is 24.6 Å². The average molecular weight is 378 g/mol. The van der Waals surface area contributed by atoms with Gasteiger partial charge in [-0.1, -0.05) is 0 Å². The molecule has 20 heavy (non-hydrogen) atoms. The summed E-state index contributed by atoms with van der Waals surface area (Å²) in [4.78, 5) is 8.23. The predicted molar refractivity (Wildman–Crippen MR) is 97.1 cm³/mol. The first kappa shape index (κ1) is 17.9. The Labute approximate surface area is 139 Å². The largest absolute Gasteiger partial charge is 0.357 e. The zero-order chi connectivity index (χ0) is 14.8. The van der Waals surface area contributed by atoms with Crippen LogP contribution in [0.2, 0.25) is 0 Å². The van der Waals surface area contributed by atoms with Crippen LogP contribution in [-0.2, 0) is 6.54 Å². The maximum Gasteiger partial charge on any atom is 0.193 e. The lowest BCUT2D eigenvalue weighted by Gasteiger charge is -2.21. The molecule has 0 bridgehead atoms. The van der Waals surface area contributed by atoms with Gasteiger partial charge in [0.1, 0.15) is 0 Å². The van der Waals surface area contributed by atoms with Crippen LogP contribution in [0.4, 0.5) is 0 Å². The van der Waals surface area contributed by atoms with Gasteiger partial charge in [-0.3, -0.25) is 4.99 Å². The van der Waals surface area contributed by atoms with Crippen molar-refractivity contribution in [2.45, 2.75) is 26.3 Å². The van der Waals surface area contributed by atoms with Gasteiger partial charge in [-0.2, -0.15) is 11.8 Å². The molecular formula is C14H24BrN3S2. The Bertz CT molecular complexity index is 407. The van der Waals surface area contributed by atoms with Crippen LogP contribution in [0.25, 0.3) is 0 Å². The summed E-state index contributed by atoms with van der Waals surface area (Å²) in [6.45, 7) is 4.81. The third kappa shape index (κ3) is 6.99. The van der Waals surface area contributed by atoms with Gasteiger partial charge in [0.2, 0.25) is 0 Å². The van der Waals surface area contributed by atoms with Gasteiger partial charge in [-0.25, -0.2) is 0 Å². The molecule has 1 rings (SSSR count). The molecule has 114 valence electrons. The second-order valence-corrected chi connectivity index (χ2v) is 8.03. The minimum atomic E-state index is 0.896. The quantitative estimate of drug-likeness (QED) is 0.420. The van der Waals surface area contributed by atoms with Gasteiger partial charge in [-0.15, -0.1) is 11.3 Å². The van der Waals surface area contributed by atoms with Crippen molar-refractivity contribution in [2.75, 3.05) is 32.1 Å². The number of thiophene rings is 1. The van der Waals surface area contributed by atoms with E-state index in [1.165, 1.54) is 20.8 Å². The lowest BCUT2D eigenvalue weighted by Crippen LogP contribution is -2.38. The maximum absolute atomic E-state index is 4.70. The van der Waals surface area contributed by atoms with Crippen LogP contribution < -0.4 is 5.32 Å². The Morgan fingerprint density at radius 1 is 1.45 bits per heavy atom. The molecule has 3 nitrogen and oxygen atoms in total. The molecule has 0 aliphatic heterocycles. The molecule has 6 heteroatoms. The number of hydrogen-bond donors (Lipinski definition) is 1. The zero-order valence-corrected chi connectivity index (χ0v) is 15.7. The molecule has 0 amide bonds. The van der Waals surface area contributed by atoms with Gasteiger partial charge in [0.15, 0.2) is 5.96 Å². The number of thioether (sulfide) groups is 1. The number of halogens is 1. The highest BCUT2D eigenvalue weighted by molar-refractivity contribution is 9.11. The summed E-state index contributed by atoms with van der Waals surface area (Å²) in [5.41, 5.74) is 0. The van der Waals surface area contributed by atoms with Gasteiger partial charge in [0, 0.05) is 25.0 Å². The molecule has 0 saturated carbocycles. The Morgan fingerprint density at radius 3 is 2.85 bits per heavy atom. The number of nitrogens with one attached hydrogen (secondary N) is 1. The highest BCUT2D eigenvalue weighted by Gasteiger charge is 2.07. The lowest BCUT2D eigenvalue weighted by atomic mass is 10.3. The minimum absolute atomic E-state index is 0.896. The second-order valence-electron chi connectivity index (χ2n) is 4.50. The molecule has 0 saturated heterocycles. The normalized spacial score (nSPS) is 11.7. The summed E-state index contributed by atoms with van der Waals surface area (Å²) < 4.78 is 1.18. The monoisotopic (exact) mass is 377 g/mol. The molecule has 1 heterocycles. The number of rotatable bonds is 8. The van der Waals surface area contributed by atoms with E-state index in [0.29, 0.717) is 0 Å². The Balaban J connectivity index is 2.48. The van der Waals surface area contributed by atoms with E-state index in [-0.39, 0.29) is 0 Å². The van der Waals surface area contributed by atoms with Crippen LogP contribution >= 0.6 is 39.0 Å². The Hall–Kier alpha value is -0.200. The fraction of sp³-hybridized carbons (Fsp3) is 0.643. The number of unbranched alkanes of at least 4 members (excludes halogenated alkanes) is 1. The summed E-state index contributed by atoms with van der Waals surface area (Å²) >= 11 is 7.19.